The van der Waals surface area contributed by atoms with Crippen molar-refractivity contribution in [2.24, 2.45) is 0 Å². The molecule has 2 N–H and O–H groups in total. The van der Waals surface area contributed by atoms with E-state index in [1.165, 1.54) is 24.3 Å². The van der Waals surface area contributed by atoms with Crippen LogP contribution in [0.1, 0.15) is 29.5 Å². The first-order valence-electron chi connectivity index (χ1n) is 6.77. The number of aromatic nitrogens is 1. The molecule has 0 aliphatic carbocycles. The molecule has 0 saturated carbocycles. The van der Waals surface area contributed by atoms with E-state index in [4.69, 9.17) is 4.52 Å². The first kappa shape index (κ1) is 16.2. The van der Waals surface area contributed by atoms with E-state index in [2.05, 4.69) is 15.2 Å². The highest BCUT2D eigenvalue weighted by atomic mass is 32.2. The standard InChI is InChI=1S/C14H17N3O4S/c1-3-8-15-22(19,20)12-6-4-11(5-7-12)14(18)16-13-9-10(2)21-17-13/h4-7,9,15H,3,8H2,1-2H3,(H,16,17,18). The van der Waals surface area contributed by atoms with Gasteiger partial charge in [0.2, 0.25) is 10.0 Å². The van der Waals surface area contributed by atoms with Crippen molar-refractivity contribution in [3.05, 3.63) is 41.7 Å². The van der Waals surface area contributed by atoms with Gasteiger partial charge in [-0.2, -0.15) is 0 Å². The van der Waals surface area contributed by atoms with Crippen LogP contribution in [0.2, 0.25) is 0 Å². The van der Waals surface area contributed by atoms with Gasteiger partial charge in [0.05, 0.1) is 4.90 Å². The minimum absolute atomic E-state index is 0.120. The minimum atomic E-state index is -3.53. The maximum atomic E-state index is 12.0. The number of aryl methyl sites for hydroxylation is 1. The van der Waals surface area contributed by atoms with Crippen LogP contribution in [0.25, 0.3) is 0 Å². The van der Waals surface area contributed by atoms with Crippen LogP contribution in [-0.4, -0.2) is 26.0 Å². The Morgan fingerprint density at radius 2 is 1.95 bits per heavy atom. The van der Waals surface area contributed by atoms with E-state index in [1.807, 2.05) is 6.92 Å². The maximum Gasteiger partial charge on any atom is 0.256 e. The number of hydrogen-bond acceptors (Lipinski definition) is 5. The van der Waals surface area contributed by atoms with Crippen molar-refractivity contribution >= 4 is 21.7 Å². The molecule has 0 aliphatic rings. The number of nitrogens with one attached hydrogen (secondary N) is 2. The molecule has 1 heterocycles. The number of carbonyl (C=O) groups is 1. The highest BCUT2D eigenvalue weighted by molar-refractivity contribution is 7.89. The molecule has 7 nitrogen and oxygen atoms in total. The molecule has 0 saturated heterocycles. The second-order valence-electron chi connectivity index (χ2n) is 4.70. The molecule has 2 rings (SSSR count). The molecule has 0 fully saturated rings. The van der Waals surface area contributed by atoms with Crippen molar-refractivity contribution in [3.8, 4) is 0 Å². The number of hydrogen-bond donors (Lipinski definition) is 2. The Morgan fingerprint density at radius 1 is 1.27 bits per heavy atom. The SMILES string of the molecule is CCCNS(=O)(=O)c1ccc(C(=O)Nc2cc(C)on2)cc1. The lowest BCUT2D eigenvalue weighted by Gasteiger charge is -2.06. The predicted octanol–water partition coefficient (Wildman–Crippen LogP) is 1.92. The zero-order chi connectivity index (χ0) is 16.2. The summed E-state index contributed by atoms with van der Waals surface area (Å²) in [4.78, 5) is 12.1. The molecule has 1 amide bonds. The van der Waals surface area contributed by atoms with Crippen LogP contribution in [-0.2, 0) is 10.0 Å². The summed E-state index contributed by atoms with van der Waals surface area (Å²) in [5, 5.41) is 6.22. The molecule has 22 heavy (non-hydrogen) atoms. The van der Waals surface area contributed by atoms with Gasteiger partial charge in [0.15, 0.2) is 5.82 Å². The second-order valence-corrected chi connectivity index (χ2v) is 6.47. The van der Waals surface area contributed by atoms with Gasteiger partial charge in [-0.1, -0.05) is 12.1 Å². The summed E-state index contributed by atoms with van der Waals surface area (Å²) in [5.41, 5.74) is 0.329. The number of benzene rings is 1. The molecule has 0 unspecified atom stereocenters. The van der Waals surface area contributed by atoms with E-state index in [0.717, 1.165) is 0 Å². The normalized spacial score (nSPS) is 11.4. The fourth-order valence-electron chi connectivity index (χ4n) is 1.72. The molecule has 118 valence electrons. The molecule has 1 aromatic carbocycles. The van der Waals surface area contributed by atoms with Gasteiger partial charge in [-0.05, 0) is 37.6 Å². The average Bonchev–Trinajstić information content (AvgIpc) is 2.90. The van der Waals surface area contributed by atoms with Crippen LogP contribution in [0.15, 0.2) is 39.8 Å². The lowest BCUT2D eigenvalue weighted by atomic mass is 10.2. The van der Waals surface area contributed by atoms with Crippen LogP contribution in [0.3, 0.4) is 0 Å². The Morgan fingerprint density at radius 3 is 2.50 bits per heavy atom. The maximum absolute atomic E-state index is 12.0. The van der Waals surface area contributed by atoms with Gasteiger partial charge in [-0.15, -0.1) is 0 Å². The van der Waals surface area contributed by atoms with Crippen molar-refractivity contribution in [2.75, 3.05) is 11.9 Å². The summed E-state index contributed by atoms with van der Waals surface area (Å²) < 4.78 is 31.2. The lowest BCUT2D eigenvalue weighted by molar-refractivity contribution is 0.102. The van der Waals surface area contributed by atoms with Crippen LogP contribution in [0.4, 0.5) is 5.82 Å². The summed E-state index contributed by atoms with van der Waals surface area (Å²) in [6.07, 6.45) is 0.705. The summed E-state index contributed by atoms with van der Waals surface area (Å²) in [7, 11) is -3.53. The number of carbonyl (C=O) groups excluding carboxylic acids is 1. The first-order valence-corrected chi connectivity index (χ1v) is 8.25. The fourth-order valence-corrected chi connectivity index (χ4v) is 2.85. The van der Waals surface area contributed by atoms with Crippen molar-refractivity contribution in [1.29, 1.82) is 0 Å². The monoisotopic (exact) mass is 323 g/mol. The zero-order valence-electron chi connectivity index (χ0n) is 12.3. The lowest BCUT2D eigenvalue weighted by Crippen LogP contribution is -2.24. The van der Waals surface area contributed by atoms with Gasteiger partial charge in [0.1, 0.15) is 5.76 Å². The summed E-state index contributed by atoms with van der Waals surface area (Å²) in [6, 6.07) is 7.26. The van der Waals surface area contributed by atoms with Crippen molar-refractivity contribution in [3.63, 3.8) is 0 Å². The number of rotatable bonds is 6. The zero-order valence-corrected chi connectivity index (χ0v) is 13.1. The van der Waals surface area contributed by atoms with Crippen molar-refractivity contribution in [1.82, 2.24) is 9.88 Å². The minimum Gasteiger partial charge on any atom is -0.360 e. The van der Waals surface area contributed by atoms with Crippen LogP contribution in [0, 0.1) is 6.92 Å². The molecule has 0 aliphatic heterocycles. The third-order valence-electron chi connectivity index (χ3n) is 2.84. The van der Waals surface area contributed by atoms with Crippen LogP contribution in [0.5, 0.6) is 0 Å². The molecule has 0 spiro atoms. The van der Waals surface area contributed by atoms with Crippen LogP contribution >= 0.6 is 0 Å². The van der Waals surface area contributed by atoms with Gasteiger partial charge in [-0.3, -0.25) is 4.79 Å². The molecule has 0 atom stereocenters. The van der Waals surface area contributed by atoms with E-state index in [9.17, 15) is 13.2 Å². The first-order chi connectivity index (χ1) is 10.4. The van der Waals surface area contributed by atoms with Gasteiger partial charge < -0.3 is 9.84 Å². The molecule has 0 radical (unpaired) electrons. The Labute approximate surface area is 128 Å². The van der Waals surface area contributed by atoms with Gasteiger partial charge in [0.25, 0.3) is 5.91 Å². The Kier molecular flexibility index (Phi) is 4.94. The number of amides is 1. The Hall–Kier alpha value is -2.19. The van der Waals surface area contributed by atoms with Gasteiger partial charge in [-0.25, -0.2) is 13.1 Å². The molecule has 1 aromatic heterocycles. The molecular formula is C14H17N3O4S. The highest BCUT2D eigenvalue weighted by Crippen LogP contribution is 2.13. The number of sulfonamides is 1. The van der Waals surface area contributed by atoms with E-state index < -0.39 is 15.9 Å². The third kappa shape index (κ3) is 3.92. The van der Waals surface area contributed by atoms with E-state index >= 15 is 0 Å². The van der Waals surface area contributed by atoms with E-state index in [-0.39, 0.29) is 4.90 Å². The highest BCUT2D eigenvalue weighted by Gasteiger charge is 2.14. The summed E-state index contributed by atoms with van der Waals surface area (Å²) >= 11 is 0. The molecule has 8 heteroatoms. The Balaban J connectivity index is 2.09. The average molecular weight is 323 g/mol. The smallest absolute Gasteiger partial charge is 0.256 e. The fraction of sp³-hybridized carbons (Fsp3) is 0.286. The Bertz CT molecular complexity index is 751. The van der Waals surface area contributed by atoms with Crippen LogP contribution < -0.4 is 10.0 Å². The topological polar surface area (TPSA) is 101 Å². The summed E-state index contributed by atoms with van der Waals surface area (Å²) in [5.74, 6) is 0.501. The summed E-state index contributed by atoms with van der Waals surface area (Å²) in [6.45, 7) is 3.96. The largest absolute Gasteiger partial charge is 0.360 e. The molecular weight excluding hydrogens is 306 g/mol. The van der Waals surface area contributed by atoms with E-state index in [1.54, 1.807) is 13.0 Å². The quantitative estimate of drug-likeness (QED) is 0.845. The van der Waals surface area contributed by atoms with Gasteiger partial charge >= 0.3 is 0 Å². The molecule has 0 bridgehead atoms. The third-order valence-corrected chi connectivity index (χ3v) is 4.32. The predicted molar refractivity (Wildman–Crippen MR) is 81.1 cm³/mol. The second kappa shape index (κ2) is 6.71. The number of anilines is 1. The number of nitrogens with zero attached hydrogens (tertiary/aromatic N) is 1. The van der Waals surface area contributed by atoms with Crippen molar-refractivity contribution < 1.29 is 17.7 Å². The van der Waals surface area contributed by atoms with E-state index in [0.29, 0.717) is 30.1 Å². The molecule has 2 aromatic rings. The van der Waals surface area contributed by atoms with Gasteiger partial charge in [0, 0.05) is 18.2 Å². The van der Waals surface area contributed by atoms with Crippen molar-refractivity contribution in [2.45, 2.75) is 25.2 Å².